The van der Waals surface area contributed by atoms with Crippen LogP contribution in [0.15, 0.2) is 22.8 Å². The van der Waals surface area contributed by atoms with Crippen molar-refractivity contribution in [3.8, 4) is 0 Å². The van der Waals surface area contributed by atoms with Gasteiger partial charge in [-0.25, -0.2) is 0 Å². The van der Waals surface area contributed by atoms with Crippen molar-refractivity contribution in [2.24, 2.45) is 40.9 Å². The predicted octanol–water partition coefficient (Wildman–Crippen LogP) is 5.05. The van der Waals surface area contributed by atoms with Gasteiger partial charge in [0.2, 0.25) is 0 Å². The molecule has 0 aromatic carbocycles. The van der Waals surface area contributed by atoms with Gasteiger partial charge in [-0.1, -0.05) is 37.5 Å². The number of nitrogens with one attached hydrogen (secondary N) is 1. The third-order valence-electron chi connectivity index (χ3n) is 10.3. The van der Waals surface area contributed by atoms with E-state index in [0.29, 0.717) is 23.5 Å². The van der Waals surface area contributed by atoms with Gasteiger partial charge in [0.25, 0.3) is 0 Å². The topological polar surface area (TPSA) is 49.3 Å². The Morgan fingerprint density at radius 1 is 1.23 bits per heavy atom. The molecule has 0 aromatic heterocycles. The smallest absolute Gasteiger partial charge is 0.155 e. The molecule has 2 saturated carbocycles. The number of aliphatic hydroxyl groups is 1. The standard InChI is InChI=1S/C27H41NO2/c1-15-11-25(30)26(28-14-15)17(3)20-7-8-21-22-6-5-18-12-19(29)9-10-27(18,4)24(22)13-23(21)16(20)2/h12,15,17,20-22,24-26,28,30H,5-11,13-14H2,1-4H3/t15-,17-,20-,21-,22-,24-,25+,26-,27-/m0/s1. The average molecular weight is 412 g/mol. The average Bonchev–Trinajstić information content (AvgIpc) is 3.09. The molecule has 3 fully saturated rings. The van der Waals surface area contributed by atoms with Crippen LogP contribution in [-0.2, 0) is 4.79 Å². The van der Waals surface area contributed by atoms with Crippen molar-refractivity contribution in [3.63, 3.8) is 0 Å². The zero-order valence-electron chi connectivity index (χ0n) is 19.4. The highest BCUT2D eigenvalue weighted by Gasteiger charge is 2.54. The van der Waals surface area contributed by atoms with Crippen LogP contribution in [0.3, 0.4) is 0 Å². The van der Waals surface area contributed by atoms with Crippen LogP contribution in [0.5, 0.6) is 0 Å². The van der Waals surface area contributed by atoms with Crippen molar-refractivity contribution < 1.29 is 9.90 Å². The summed E-state index contributed by atoms with van der Waals surface area (Å²) in [7, 11) is 0. The number of carbonyl (C=O) groups is 1. The Kier molecular flexibility index (Phi) is 5.30. The molecule has 1 heterocycles. The summed E-state index contributed by atoms with van der Waals surface area (Å²) in [6.45, 7) is 10.5. The van der Waals surface area contributed by atoms with Gasteiger partial charge in [0.1, 0.15) is 0 Å². The maximum Gasteiger partial charge on any atom is 0.155 e. The number of carbonyl (C=O) groups excluding carboxylic acids is 1. The van der Waals surface area contributed by atoms with E-state index in [9.17, 15) is 9.90 Å². The van der Waals surface area contributed by atoms with Gasteiger partial charge in [-0.15, -0.1) is 0 Å². The molecule has 1 aliphatic heterocycles. The summed E-state index contributed by atoms with van der Waals surface area (Å²) in [6, 6.07) is 0.235. The second kappa shape index (κ2) is 7.59. The van der Waals surface area contributed by atoms with Crippen LogP contribution in [0.2, 0.25) is 0 Å². The number of piperidine rings is 1. The molecule has 0 bridgehead atoms. The van der Waals surface area contributed by atoms with Crippen LogP contribution in [0.4, 0.5) is 0 Å². The lowest BCUT2D eigenvalue weighted by atomic mass is 9.56. The second-order valence-electron chi connectivity index (χ2n) is 11.8. The largest absolute Gasteiger partial charge is 0.391 e. The molecule has 5 aliphatic rings. The van der Waals surface area contributed by atoms with E-state index in [-0.39, 0.29) is 17.6 Å². The molecule has 5 rings (SSSR count). The lowest BCUT2D eigenvalue weighted by Crippen LogP contribution is -2.53. The van der Waals surface area contributed by atoms with Crippen LogP contribution in [0.25, 0.3) is 0 Å². The van der Waals surface area contributed by atoms with Crippen molar-refractivity contribution in [3.05, 3.63) is 22.8 Å². The van der Waals surface area contributed by atoms with E-state index in [4.69, 9.17) is 0 Å². The zero-order valence-corrected chi connectivity index (χ0v) is 19.4. The molecule has 3 nitrogen and oxygen atoms in total. The Hall–Kier alpha value is -0.930. The number of hydrogen-bond donors (Lipinski definition) is 2. The normalized spacial score (nSPS) is 47.3. The van der Waals surface area contributed by atoms with Gasteiger partial charge >= 0.3 is 0 Å². The fraction of sp³-hybridized carbons (Fsp3) is 0.815. The summed E-state index contributed by atoms with van der Waals surface area (Å²) in [5.74, 6) is 4.35. The molecular formula is C27H41NO2. The molecule has 0 radical (unpaired) electrons. The summed E-state index contributed by atoms with van der Waals surface area (Å²) in [4.78, 5) is 12.1. The Bertz CT molecular complexity index is 782. The number of rotatable bonds is 2. The molecule has 4 aliphatic carbocycles. The molecule has 1 saturated heterocycles. The molecule has 3 heteroatoms. The Balaban J connectivity index is 1.40. The fourth-order valence-corrected chi connectivity index (χ4v) is 8.47. The minimum absolute atomic E-state index is 0.211. The highest BCUT2D eigenvalue weighted by Crippen LogP contribution is 2.63. The first kappa shape index (κ1) is 20.9. The van der Waals surface area contributed by atoms with Crippen LogP contribution < -0.4 is 5.32 Å². The van der Waals surface area contributed by atoms with Crippen molar-refractivity contribution in [1.29, 1.82) is 0 Å². The Morgan fingerprint density at radius 3 is 2.80 bits per heavy atom. The first-order valence-electron chi connectivity index (χ1n) is 12.6. The minimum atomic E-state index is -0.211. The van der Waals surface area contributed by atoms with Gasteiger partial charge in [-0.3, -0.25) is 4.79 Å². The molecule has 9 atom stereocenters. The molecule has 30 heavy (non-hydrogen) atoms. The lowest BCUT2D eigenvalue weighted by Gasteiger charge is -2.48. The molecule has 166 valence electrons. The third kappa shape index (κ3) is 3.18. The summed E-state index contributed by atoms with van der Waals surface area (Å²) >= 11 is 0. The minimum Gasteiger partial charge on any atom is -0.391 e. The maximum absolute atomic E-state index is 12.1. The van der Waals surface area contributed by atoms with E-state index in [1.54, 1.807) is 11.1 Å². The van der Waals surface area contributed by atoms with E-state index in [1.807, 2.05) is 6.08 Å². The first-order chi connectivity index (χ1) is 14.3. The number of allylic oxidation sites excluding steroid dienone is 4. The van der Waals surface area contributed by atoms with Gasteiger partial charge in [-0.2, -0.15) is 0 Å². The maximum atomic E-state index is 12.1. The van der Waals surface area contributed by atoms with Gasteiger partial charge < -0.3 is 10.4 Å². The predicted molar refractivity (Wildman–Crippen MR) is 121 cm³/mol. The number of ketones is 1. The quantitative estimate of drug-likeness (QED) is 0.625. The molecule has 2 N–H and O–H groups in total. The molecular weight excluding hydrogens is 370 g/mol. The molecule has 0 amide bonds. The highest BCUT2D eigenvalue weighted by atomic mass is 16.3. The van der Waals surface area contributed by atoms with Crippen molar-refractivity contribution in [1.82, 2.24) is 5.32 Å². The lowest BCUT2D eigenvalue weighted by molar-refractivity contribution is -0.116. The zero-order chi connectivity index (χ0) is 21.2. The van der Waals surface area contributed by atoms with Gasteiger partial charge in [0.15, 0.2) is 5.78 Å². The summed E-state index contributed by atoms with van der Waals surface area (Å²) in [6.07, 6.45) is 10.8. The Labute approximate surface area is 182 Å². The SMILES string of the molecule is CC1=C2C[C@H]3[C@@H](CCC4=CC(=O)CC[C@@]43C)[C@@H]2CC[C@@H]1[C@H](C)[C@@H]1NC[C@@H](C)C[C@H]1O. The molecule has 0 unspecified atom stereocenters. The van der Waals surface area contributed by atoms with Crippen LogP contribution >= 0.6 is 0 Å². The fourth-order valence-electron chi connectivity index (χ4n) is 8.47. The highest BCUT2D eigenvalue weighted by molar-refractivity contribution is 5.91. The number of hydrogen-bond acceptors (Lipinski definition) is 3. The first-order valence-corrected chi connectivity index (χ1v) is 12.6. The van der Waals surface area contributed by atoms with E-state index in [1.165, 1.54) is 31.3 Å². The van der Waals surface area contributed by atoms with Gasteiger partial charge in [0.05, 0.1) is 6.10 Å². The van der Waals surface area contributed by atoms with E-state index in [2.05, 4.69) is 33.0 Å². The van der Waals surface area contributed by atoms with E-state index < -0.39 is 0 Å². The number of aliphatic hydroxyl groups excluding tert-OH is 1. The monoisotopic (exact) mass is 411 g/mol. The second-order valence-corrected chi connectivity index (χ2v) is 11.8. The van der Waals surface area contributed by atoms with Crippen molar-refractivity contribution in [2.45, 2.75) is 91.2 Å². The van der Waals surface area contributed by atoms with Crippen molar-refractivity contribution in [2.75, 3.05) is 6.54 Å². The Morgan fingerprint density at radius 2 is 2.03 bits per heavy atom. The summed E-state index contributed by atoms with van der Waals surface area (Å²) < 4.78 is 0. The van der Waals surface area contributed by atoms with E-state index >= 15 is 0 Å². The molecule has 0 spiro atoms. The van der Waals surface area contributed by atoms with Crippen LogP contribution in [0, 0.1) is 40.9 Å². The van der Waals surface area contributed by atoms with Gasteiger partial charge in [0, 0.05) is 12.5 Å². The summed E-state index contributed by atoms with van der Waals surface area (Å²) in [5.41, 5.74) is 5.14. The third-order valence-corrected chi connectivity index (χ3v) is 10.3. The van der Waals surface area contributed by atoms with Crippen LogP contribution in [0.1, 0.15) is 79.1 Å². The van der Waals surface area contributed by atoms with Crippen LogP contribution in [-0.4, -0.2) is 29.6 Å². The van der Waals surface area contributed by atoms with Crippen molar-refractivity contribution >= 4 is 5.78 Å². The number of fused-ring (bicyclic) bond motifs is 5. The van der Waals surface area contributed by atoms with E-state index in [0.717, 1.165) is 50.0 Å². The summed E-state index contributed by atoms with van der Waals surface area (Å²) in [5, 5.41) is 14.4. The van der Waals surface area contributed by atoms with Gasteiger partial charge in [-0.05, 0) is 105 Å². The molecule has 0 aromatic rings.